The third-order valence-electron chi connectivity index (χ3n) is 6.21. The average molecular weight is 445 g/mol. The molecule has 0 unspecified atom stereocenters. The van der Waals surface area contributed by atoms with E-state index in [2.05, 4.69) is 21.5 Å². The first-order valence-electron chi connectivity index (χ1n) is 10.6. The molecule has 1 aromatic carbocycles. The van der Waals surface area contributed by atoms with E-state index >= 15 is 0 Å². The van der Waals surface area contributed by atoms with Crippen LogP contribution >= 0.6 is 11.6 Å². The van der Waals surface area contributed by atoms with Crippen molar-refractivity contribution in [3.8, 4) is 0 Å². The summed E-state index contributed by atoms with van der Waals surface area (Å²) in [6.45, 7) is 3.72. The van der Waals surface area contributed by atoms with Crippen LogP contribution in [0.2, 0.25) is 5.02 Å². The molecule has 31 heavy (non-hydrogen) atoms. The highest BCUT2D eigenvalue weighted by molar-refractivity contribution is 6.30. The number of piperazine rings is 1. The predicted octanol–water partition coefficient (Wildman–Crippen LogP) is 2.05. The van der Waals surface area contributed by atoms with Gasteiger partial charge >= 0.3 is 0 Å². The first kappa shape index (κ1) is 21.6. The number of rotatable bonds is 4. The number of anilines is 1. The highest BCUT2D eigenvalue weighted by Gasteiger charge is 2.36. The highest BCUT2D eigenvalue weighted by Crippen LogP contribution is 2.35. The zero-order valence-corrected chi connectivity index (χ0v) is 18.8. The summed E-state index contributed by atoms with van der Waals surface area (Å²) >= 11 is 6.29. The summed E-state index contributed by atoms with van der Waals surface area (Å²) in [7, 11) is 3.61. The maximum Gasteiger partial charge on any atom is 0.246 e. The second-order valence-corrected chi connectivity index (χ2v) is 8.58. The quantitative estimate of drug-likeness (QED) is 0.577. The van der Waals surface area contributed by atoms with Crippen molar-refractivity contribution in [1.82, 2.24) is 20.0 Å². The number of hydrogen-bond donors (Lipinski definition) is 1. The number of benzene rings is 1. The van der Waals surface area contributed by atoms with Crippen molar-refractivity contribution in [2.75, 3.05) is 51.3 Å². The fourth-order valence-corrected chi connectivity index (χ4v) is 4.59. The molecule has 0 spiro atoms. The smallest absolute Gasteiger partial charge is 0.246 e. The van der Waals surface area contributed by atoms with E-state index in [1.807, 2.05) is 36.3 Å². The SMILES string of the molecule is CN=C(NCC1(c2cccc(Cl)c2)CCOCC1)N1CCN(c2cnn(C)c2)C(=O)C1. The minimum atomic E-state index is -0.0827. The van der Waals surface area contributed by atoms with E-state index in [4.69, 9.17) is 16.3 Å². The van der Waals surface area contributed by atoms with Gasteiger partial charge in [-0.3, -0.25) is 14.5 Å². The Morgan fingerprint density at radius 3 is 2.77 bits per heavy atom. The Kier molecular flexibility index (Phi) is 6.48. The molecule has 0 saturated carbocycles. The fraction of sp³-hybridized carbons (Fsp3) is 0.500. The largest absolute Gasteiger partial charge is 0.381 e. The molecular formula is C22H29ClN6O2. The van der Waals surface area contributed by atoms with E-state index in [9.17, 15) is 4.79 Å². The minimum absolute atomic E-state index is 0.0396. The van der Waals surface area contributed by atoms with Crippen molar-refractivity contribution < 1.29 is 9.53 Å². The standard InChI is InChI=1S/C22H29ClN6O2/c1-24-21(28-8-9-29(20(30)15-28)19-13-26-27(2)14-19)25-16-22(6-10-31-11-7-22)17-4-3-5-18(23)12-17/h3-5,12-14H,6-11,15-16H2,1-2H3,(H,24,25). The van der Waals surface area contributed by atoms with Gasteiger partial charge in [-0.05, 0) is 30.5 Å². The molecule has 8 nitrogen and oxygen atoms in total. The molecule has 4 rings (SSSR count). The number of ether oxygens (including phenoxy) is 1. The summed E-state index contributed by atoms with van der Waals surface area (Å²) in [6, 6.07) is 8.09. The topological polar surface area (TPSA) is 75.0 Å². The fourth-order valence-electron chi connectivity index (χ4n) is 4.40. The van der Waals surface area contributed by atoms with Crippen LogP contribution in [0.4, 0.5) is 5.69 Å². The molecule has 2 aliphatic rings. The van der Waals surface area contributed by atoms with Gasteiger partial charge in [-0.25, -0.2) is 0 Å². The molecule has 9 heteroatoms. The lowest BCUT2D eigenvalue weighted by Crippen LogP contribution is -2.57. The van der Waals surface area contributed by atoms with E-state index in [1.54, 1.807) is 22.8 Å². The summed E-state index contributed by atoms with van der Waals surface area (Å²) < 4.78 is 7.34. The molecule has 166 valence electrons. The van der Waals surface area contributed by atoms with Gasteiger partial charge in [0.25, 0.3) is 0 Å². The Morgan fingerprint density at radius 1 is 1.32 bits per heavy atom. The summed E-state index contributed by atoms with van der Waals surface area (Å²) in [4.78, 5) is 21.1. The number of aromatic nitrogens is 2. The van der Waals surface area contributed by atoms with E-state index in [0.717, 1.165) is 42.7 Å². The van der Waals surface area contributed by atoms with Crippen molar-refractivity contribution in [2.45, 2.75) is 18.3 Å². The maximum atomic E-state index is 12.8. The number of hydrogen-bond acceptors (Lipinski definition) is 4. The molecule has 2 aromatic rings. The van der Waals surface area contributed by atoms with Crippen LogP contribution in [0.3, 0.4) is 0 Å². The van der Waals surface area contributed by atoms with E-state index < -0.39 is 0 Å². The number of nitrogens with one attached hydrogen (secondary N) is 1. The van der Waals surface area contributed by atoms with Crippen molar-refractivity contribution in [3.63, 3.8) is 0 Å². The van der Waals surface area contributed by atoms with Crippen molar-refractivity contribution in [1.29, 1.82) is 0 Å². The zero-order chi connectivity index (χ0) is 21.8. The van der Waals surface area contributed by atoms with Gasteiger partial charge in [0.05, 0.1) is 11.9 Å². The number of halogens is 1. The van der Waals surface area contributed by atoms with Gasteiger partial charge in [-0.15, -0.1) is 0 Å². The molecule has 0 atom stereocenters. The number of carbonyl (C=O) groups excluding carboxylic acids is 1. The van der Waals surface area contributed by atoms with Crippen LogP contribution in [0.15, 0.2) is 41.7 Å². The van der Waals surface area contributed by atoms with Gasteiger partial charge in [-0.2, -0.15) is 5.10 Å². The predicted molar refractivity (Wildman–Crippen MR) is 122 cm³/mol. The summed E-state index contributed by atoms with van der Waals surface area (Å²) in [5.41, 5.74) is 1.96. The normalized spacial score (nSPS) is 19.6. The van der Waals surface area contributed by atoms with E-state index in [-0.39, 0.29) is 17.9 Å². The molecule has 0 aliphatic carbocycles. The molecule has 1 aromatic heterocycles. The molecular weight excluding hydrogens is 416 g/mol. The Hall–Kier alpha value is -2.58. The lowest BCUT2D eigenvalue weighted by molar-refractivity contribution is -0.120. The Bertz CT molecular complexity index is 953. The second kappa shape index (κ2) is 9.28. The second-order valence-electron chi connectivity index (χ2n) is 8.14. The minimum Gasteiger partial charge on any atom is -0.381 e. The highest BCUT2D eigenvalue weighted by atomic mass is 35.5. The third-order valence-corrected chi connectivity index (χ3v) is 6.44. The van der Waals surface area contributed by atoms with Gasteiger partial charge < -0.3 is 19.9 Å². The van der Waals surface area contributed by atoms with E-state index in [0.29, 0.717) is 19.6 Å². The zero-order valence-electron chi connectivity index (χ0n) is 18.1. The van der Waals surface area contributed by atoms with Crippen LogP contribution in [0, 0.1) is 0 Å². The maximum absolute atomic E-state index is 12.8. The van der Waals surface area contributed by atoms with Gasteiger partial charge in [0, 0.05) is 63.6 Å². The molecule has 0 bridgehead atoms. The lowest BCUT2D eigenvalue weighted by Gasteiger charge is -2.40. The van der Waals surface area contributed by atoms with Crippen molar-refractivity contribution >= 4 is 29.2 Å². The number of carbonyl (C=O) groups is 1. The number of amides is 1. The lowest BCUT2D eigenvalue weighted by atomic mass is 9.74. The van der Waals surface area contributed by atoms with Crippen LogP contribution in [0.5, 0.6) is 0 Å². The summed E-state index contributed by atoms with van der Waals surface area (Å²) in [5.74, 6) is 0.782. The molecule has 1 amide bonds. The Balaban J connectivity index is 1.44. The molecule has 2 saturated heterocycles. The summed E-state index contributed by atoms with van der Waals surface area (Å²) in [5, 5.41) is 8.45. The first-order chi connectivity index (χ1) is 15.0. The van der Waals surface area contributed by atoms with Gasteiger partial charge in [-0.1, -0.05) is 23.7 Å². The van der Waals surface area contributed by atoms with Gasteiger partial charge in [0.15, 0.2) is 5.96 Å². The Morgan fingerprint density at radius 2 is 2.13 bits per heavy atom. The number of aliphatic imine (C=N–C) groups is 1. The summed E-state index contributed by atoms with van der Waals surface area (Å²) in [6.07, 6.45) is 5.40. The van der Waals surface area contributed by atoms with Gasteiger partial charge in [0.2, 0.25) is 5.91 Å². The van der Waals surface area contributed by atoms with Crippen LogP contribution in [0.25, 0.3) is 0 Å². The monoisotopic (exact) mass is 444 g/mol. The van der Waals surface area contributed by atoms with E-state index in [1.165, 1.54) is 5.56 Å². The third kappa shape index (κ3) is 4.70. The molecule has 1 N–H and O–H groups in total. The van der Waals surface area contributed by atoms with Crippen molar-refractivity contribution in [3.05, 3.63) is 47.2 Å². The molecule has 2 fully saturated rings. The molecule has 2 aliphatic heterocycles. The number of nitrogens with zero attached hydrogens (tertiary/aromatic N) is 5. The van der Waals surface area contributed by atoms with Crippen LogP contribution in [0.1, 0.15) is 18.4 Å². The van der Waals surface area contributed by atoms with Crippen LogP contribution < -0.4 is 10.2 Å². The first-order valence-corrected chi connectivity index (χ1v) is 11.0. The van der Waals surface area contributed by atoms with Crippen LogP contribution in [-0.2, 0) is 22.0 Å². The number of guanidine groups is 1. The average Bonchev–Trinajstić information content (AvgIpc) is 3.21. The van der Waals surface area contributed by atoms with Crippen LogP contribution in [-0.4, -0.2) is 73.0 Å². The number of aryl methyl sites for hydroxylation is 1. The molecule has 3 heterocycles. The Labute approximate surface area is 187 Å². The van der Waals surface area contributed by atoms with Crippen molar-refractivity contribution in [2.24, 2.45) is 12.0 Å². The van der Waals surface area contributed by atoms with Gasteiger partial charge in [0.1, 0.15) is 6.54 Å². The molecule has 0 radical (unpaired) electrons.